The van der Waals surface area contributed by atoms with Crippen molar-refractivity contribution in [2.45, 2.75) is 27.0 Å². The summed E-state index contributed by atoms with van der Waals surface area (Å²) in [4.78, 5) is 0. The molecule has 0 amide bonds. The van der Waals surface area contributed by atoms with Crippen LogP contribution in [0.15, 0.2) is 36.4 Å². The maximum Gasteiger partial charge on any atom is 0.129 e. The molecule has 0 spiro atoms. The zero-order valence-electron chi connectivity index (χ0n) is 12.2. The Labute approximate surface area is 119 Å². The van der Waals surface area contributed by atoms with Crippen LogP contribution in [0, 0.1) is 19.7 Å². The van der Waals surface area contributed by atoms with Gasteiger partial charge in [0.2, 0.25) is 0 Å². The summed E-state index contributed by atoms with van der Waals surface area (Å²) in [5.41, 5.74) is 4.02. The van der Waals surface area contributed by atoms with E-state index in [1.165, 1.54) is 17.2 Å². The molecule has 106 valence electrons. The van der Waals surface area contributed by atoms with E-state index in [-0.39, 0.29) is 12.4 Å². The molecular formula is C17H20FNO. The van der Waals surface area contributed by atoms with Crippen LogP contribution in [-0.4, -0.2) is 7.05 Å². The summed E-state index contributed by atoms with van der Waals surface area (Å²) in [5.74, 6) is 0.542. The van der Waals surface area contributed by atoms with Gasteiger partial charge in [0.15, 0.2) is 0 Å². The molecule has 1 N–H and O–H groups in total. The van der Waals surface area contributed by atoms with Crippen molar-refractivity contribution < 1.29 is 9.13 Å². The Kier molecular flexibility index (Phi) is 4.74. The van der Waals surface area contributed by atoms with Crippen molar-refractivity contribution in [3.63, 3.8) is 0 Å². The van der Waals surface area contributed by atoms with Gasteiger partial charge < -0.3 is 10.1 Å². The molecule has 0 aliphatic carbocycles. The van der Waals surface area contributed by atoms with E-state index in [1.54, 1.807) is 6.07 Å². The summed E-state index contributed by atoms with van der Waals surface area (Å²) >= 11 is 0. The van der Waals surface area contributed by atoms with Crippen LogP contribution in [0.4, 0.5) is 4.39 Å². The lowest BCUT2D eigenvalue weighted by molar-refractivity contribution is 0.299. The van der Waals surface area contributed by atoms with Gasteiger partial charge in [0.1, 0.15) is 18.2 Å². The topological polar surface area (TPSA) is 21.3 Å². The molecule has 0 fully saturated rings. The molecule has 0 aromatic heterocycles. The lowest BCUT2D eigenvalue weighted by Gasteiger charge is -2.10. The fourth-order valence-corrected chi connectivity index (χ4v) is 2.02. The fourth-order valence-electron chi connectivity index (χ4n) is 2.02. The van der Waals surface area contributed by atoms with E-state index in [0.29, 0.717) is 5.56 Å². The Morgan fingerprint density at radius 3 is 2.55 bits per heavy atom. The third kappa shape index (κ3) is 3.58. The highest BCUT2D eigenvalue weighted by atomic mass is 19.1. The molecule has 2 nitrogen and oxygen atoms in total. The second kappa shape index (κ2) is 6.53. The average Bonchev–Trinajstić information content (AvgIpc) is 2.43. The van der Waals surface area contributed by atoms with Gasteiger partial charge in [-0.15, -0.1) is 0 Å². The zero-order valence-corrected chi connectivity index (χ0v) is 12.2. The number of nitrogens with one attached hydrogen (secondary N) is 1. The SMILES string of the molecule is CNCc1ccc(F)c(COc2ccc(C)c(C)c2)c1. The smallest absolute Gasteiger partial charge is 0.129 e. The van der Waals surface area contributed by atoms with E-state index in [0.717, 1.165) is 17.9 Å². The molecule has 0 aliphatic heterocycles. The number of hydrogen-bond acceptors (Lipinski definition) is 2. The summed E-state index contributed by atoms with van der Waals surface area (Å²) < 4.78 is 19.4. The van der Waals surface area contributed by atoms with E-state index >= 15 is 0 Å². The van der Waals surface area contributed by atoms with Gasteiger partial charge in [0.05, 0.1) is 0 Å². The first kappa shape index (κ1) is 14.5. The van der Waals surface area contributed by atoms with Gasteiger partial charge in [-0.1, -0.05) is 12.1 Å². The van der Waals surface area contributed by atoms with E-state index in [9.17, 15) is 4.39 Å². The van der Waals surface area contributed by atoms with Gasteiger partial charge in [-0.2, -0.15) is 0 Å². The van der Waals surface area contributed by atoms with E-state index in [1.807, 2.05) is 38.2 Å². The maximum atomic E-state index is 13.8. The van der Waals surface area contributed by atoms with Crippen LogP contribution in [0.5, 0.6) is 5.75 Å². The van der Waals surface area contributed by atoms with Crippen LogP contribution in [0.3, 0.4) is 0 Å². The van der Waals surface area contributed by atoms with Crippen molar-refractivity contribution in [1.82, 2.24) is 5.32 Å². The predicted molar refractivity (Wildman–Crippen MR) is 79.4 cm³/mol. The summed E-state index contributed by atoms with van der Waals surface area (Å²) in [6.45, 7) is 5.05. The van der Waals surface area contributed by atoms with Crippen molar-refractivity contribution in [2.75, 3.05) is 7.05 Å². The van der Waals surface area contributed by atoms with E-state index in [2.05, 4.69) is 12.2 Å². The average molecular weight is 273 g/mol. The van der Waals surface area contributed by atoms with Gasteiger partial charge in [0, 0.05) is 12.1 Å². The van der Waals surface area contributed by atoms with Crippen LogP contribution >= 0.6 is 0 Å². The summed E-state index contributed by atoms with van der Waals surface area (Å²) in [5, 5.41) is 3.05. The lowest BCUT2D eigenvalue weighted by atomic mass is 10.1. The first-order chi connectivity index (χ1) is 9.60. The minimum absolute atomic E-state index is 0.228. The molecule has 2 rings (SSSR count). The predicted octanol–water partition coefficient (Wildman–Crippen LogP) is 3.74. The fraction of sp³-hybridized carbons (Fsp3) is 0.294. The third-order valence-corrected chi connectivity index (χ3v) is 3.36. The first-order valence-electron chi connectivity index (χ1n) is 6.72. The number of hydrogen-bond donors (Lipinski definition) is 1. The van der Waals surface area contributed by atoms with E-state index < -0.39 is 0 Å². The second-order valence-corrected chi connectivity index (χ2v) is 4.99. The standard InChI is InChI=1S/C17H20FNO/c1-12-4-6-16(8-13(12)2)20-11-15-9-14(10-19-3)5-7-17(15)18/h4-9,19H,10-11H2,1-3H3. The number of halogens is 1. The van der Waals surface area contributed by atoms with Crippen molar-refractivity contribution in [3.05, 3.63) is 64.5 Å². The number of benzene rings is 2. The Balaban J connectivity index is 2.09. The van der Waals surface area contributed by atoms with Crippen LogP contribution in [0.25, 0.3) is 0 Å². The Morgan fingerprint density at radius 1 is 1.05 bits per heavy atom. The van der Waals surface area contributed by atoms with Crippen LogP contribution in [-0.2, 0) is 13.2 Å². The maximum absolute atomic E-state index is 13.8. The van der Waals surface area contributed by atoms with E-state index in [4.69, 9.17) is 4.74 Å². The molecule has 0 unspecified atom stereocenters. The van der Waals surface area contributed by atoms with Crippen molar-refractivity contribution >= 4 is 0 Å². The number of aryl methyl sites for hydroxylation is 2. The van der Waals surface area contributed by atoms with Crippen molar-refractivity contribution in [1.29, 1.82) is 0 Å². The quantitative estimate of drug-likeness (QED) is 0.896. The van der Waals surface area contributed by atoms with Crippen molar-refractivity contribution in [3.8, 4) is 5.75 Å². The van der Waals surface area contributed by atoms with Crippen LogP contribution in [0.1, 0.15) is 22.3 Å². The molecule has 0 heterocycles. The van der Waals surface area contributed by atoms with Gasteiger partial charge in [-0.05, 0) is 61.9 Å². The molecule has 3 heteroatoms. The molecule has 0 saturated heterocycles. The summed E-state index contributed by atoms with van der Waals surface area (Å²) in [6, 6.07) is 11.0. The molecule has 2 aromatic rings. The molecule has 0 bridgehead atoms. The molecule has 0 aliphatic rings. The zero-order chi connectivity index (χ0) is 14.5. The largest absolute Gasteiger partial charge is 0.489 e. The Hall–Kier alpha value is -1.87. The van der Waals surface area contributed by atoms with Gasteiger partial charge in [-0.25, -0.2) is 4.39 Å². The van der Waals surface area contributed by atoms with Gasteiger partial charge in [-0.3, -0.25) is 0 Å². The summed E-state index contributed by atoms with van der Waals surface area (Å²) in [6.07, 6.45) is 0. The normalized spacial score (nSPS) is 10.6. The van der Waals surface area contributed by atoms with Gasteiger partial charge in [0.25, 0.3) is 0 Å². The third-order valence-electron chi connectivity index (χ3n) is 3.36. The Morgan fingerprint density at radius 2 is 1.85 bits per heavy atom. The molecule has 2 aromatic carbocycles. The first-order valence-corrected chi connectivity index (χ1v) is 6.72. The molecule has 0 atom stereocenters. The highest BCUT2D eigenvalue weighted by molar-refractivity contribution is 5.34. The highest BCUT2D eigenvalue weighted by Gasteiger charge is 2.05. The van der Waals surface area contributed by atoms with Gasteiger partial charge >= 0.3 is 0 Å². The number of rotatable bonds is 5. The monoisotopic (exact) mass is 273 g/mol. The second-order valence-electron chi connectivity index (χ2n) is 4.99. The Bertz CT molecular complexity index is 596. The molecular weight excluding hydrogens is 253 g/mol. The molecule has 0 radical (unpaired) electrons. The van der Waals surface area contributed by atoms with Crippen LogP contribution < -0.4 is 10.1 Å². The molecule has 20 heavy (non-hydrogen) atoms. The van der Waals surface area contributed by atoms with Crippen molar-refractivity contribution in [2.24, 2.45) is 0 Å². The number of ether oxygens (including phenoxy) is 1. The molecule has 0 saturated carbocycles. The highest BCUT2D eigenvalue weighted by Crippen LogP contribution is 2.19. The summed E-state index contributed by atoms with van der Waals surface area (Å²) in [7, 11) is 1.87. The van der Waals surface area contributed by atoms with Crippen LogP contribution in [0.2, 0.25) is 0 Å². The lowest BCUT2D eigenvalue weighted by Crippen LogP contribution is -2.07. The minimum atomic E-state index is -0.228. The minimum Gasteiger partial charge on any atom is -0.489 e.